The van der Waals surface area contributed by atoms with E-state index in [9.17, 15) is 0 Å². The first-order chi connectivity index (χ1) is 14.7. The zero-order valence-corrected chi connectivity index (χ0v) is 21.1. The molecule has 2 saturated carbocycles. The van der Waals surface area contributed by atoms with Crippen LogP contribution in [0, 0.1) is 35.5 Å². The molecule has 4 aliphatic carbocycles. The van der Waals surface area contributed by atoms with Crippen LogP contribution in [0.4, 0.5) is 0 Å². The molecule has 0 saturated heterocycles. The topological polar surface area (TPSA) is 0 Å². The Balaban J connectivity index is 1.71. The van der Waals surface area contributed by atoms with Gasteiger partial charge in [0.05, 0.1) is 8.07 Å². The molecule has 0 bridgehead atoms. The van der Waals surface area contributed by atoms with Gasteiger partial charge in [0, 0.05) is 0 Å². The lowest BCUT2D eigenvalue weighted by molar-refractivity contribution is 0.383. The summed E-state index contributed by atoms with van der Waals surface area (Å²) in [5, 5.41) is 0. The van der Waals surface area contributed by atoms with Gasteiger partial charge in [0.25, 0.3) is 0 Å². The quantitative estimate of drug-likeness (QED) is 0.325. The fraction of sp³-hybridized carbons (Fsp3) is 0.724. The average molecular weight is 423 g/mol. The summed E-state index contributed by atoms with van der Waals surface area (Å²) >= 11 is 0. The highest BCUT2D eigenvalue weighted by Crippen LogP contribution is 2.64. The predicted octanol–water partition coefficient (Wildman–Crippen LogP) is 8.96. The molecule has 8 unspecified atom stereocenters. The first-order valence-electron chi connectivity index (χ1n) is 13.4. The molecular formula is C29H46Si. The molecule has 30 heavy (non-hydrogen) atoms. The predicted molar refractivity (Wildman–Crippen MR) is 135 cm³/mol. The third-order valence-electron chi connectivity index (χ3n) is 9.59. The zero-order valence-electron chi connectivity index (χ0n) is 20.1. The van der Waals surface area contributed by atoms with E-state index in [1.165, 1.54) is 44.9 Å². The van der Waals surface area contributed by atoms with Gasteiger partial charge in [-0.15, -0.1) is 0 Å². The van der Waals surface area contributed by atoms with Crippen molar-refractivity contribution in [3.8, 4) is 0 Å². The minimum absolute atomic E-state index is 0.815. The second-order valence-corrected chi connectivity index (χ2v) is 16.1. The molecule has 0 heterocycles. The van der Waals surface area contributed by atoms with Gasteiger partial charge < -0.3 is 0 Å². The molecule has 166 valence electrons. The van der Waals surface area contributed by atoms with Gasteiger partial charge in [-0.2, -0.15) is 0 Å². The first kappa shape index (κ1) is 22.4. The van der Waals surface area contributed by atoms with Crippen LogP contribution in [0.15, 0.2) is 48.6 Å². The van der Waals surface area contributed by atoms with E-state index in [0.717, 1.165) is 46.6 Å². The summed E-state index contributed by atoms with van der Waals surface area (Å²) < 4.78 is 0. The highest BCUT2D eigenvalue weighted by Gasteiger charge is 2.58. The first-order valence-corrected chi connectivity index (χ1v) is 15.9. The van der Waals surface area contributed by atoms with Gasteiger partial charge >= 0.3 is 0 Å². The highest BCUT2D eigenvalue weighted by atomic mass is 28.3. The van der Waals surface area contributed by atoms with Crippen molar-refractivity contribution in [3.05, 3.63) is 48.6 Å². The fourth-order valence-electron chi connectivity index (χ4n) is 8.57. The molecule has 1 heteroatoms. The Morgan fingerprint density at radius 3 is 1.80 bits per heavy atom. The third kappa shape index (κ3) is 3.89. The van der Waals surface area contributed by atoms with E-state index in [4.69, 9.17) is 0 Å². The number of hydrogen-bond donors (Lipinski definition) is 0. The molecule has 0 N–H and O–H groups in total. The summed E-state index contributed by atoms with van der Waals surface area (Å²) in [5.41, 5.74) is 2.02. The molecule has 0 radical (unpaired) electrons. The summed E-state index contributed by atoms with van der Waals surface area (Å²) in [6.45, 7) is 9.91. The molecule has 0 aromatic carbocycles. The smallest absolute Gasteiger partial charge is 0.0610 e. The number of allylic oxidation sites excluding steroid dienone is 8. The van der Waals surface area contributed by atoms with E-state index in [0.29, 0.717) is 0 Å². The van der Waals surface area contributed by atoms with Crippen molar-refractivity contribution in [2.45, 2.75) is 95.8 Å². The van der Waals surface area contributed by atoms with Crippen molar-refractivity contribution in [1.82, 2.24) is 0 Å². The Hall–Kier alpha value is -0.823. The number of hydrogen-bond acceptors (Lipinski definition) is 0. The summed E-state index contributed by atoms with van der Waals surface area (Å²) in [5.74, 6) is 5.15. The van der Waals surface area contributed by atoms with Crippen LogP contribution in [-0.4, -0.2) is 8.07 Å². The van der Waals surface area contributed by atoms with E-state index < -0.39 is 8.07 Å². The molecule has 0 nitrogen and oxygen atoms in total. The van der Waals surface area contributed by atoms with Crippen LogP contribution in [0.25, 0.3) is 0 Å². The van der Waals surface area contributed by atoms with Gasteiger partial charge in [-0.3, -0.25) is 0 Å². The maximum Gasteiger partial charge on any atom is 0.0610 e. The van der Waals surface area contributed by atoms with Crippen LogP contribution in [0.2, 0.25) is 23.2 Å². The molecule has 0 aliphatic heterocycles. The lowest BCUT2D eigenvalue weighted by Crippen LogP contribution is -2.47. The van der Waals surface area contributed by atoms with E-state index >= 15 is 0 Å². The second kappa shape index (κ2) is 9.76. The minimum Gasteiger partial charge on any atom is -0.0808 e. The van der Waals surface area contributed by atoms with Crippen molar-refractivity contribution in [1.29, 1.82) is 0 Å². The summed E-state index contributed by atoms with van der Waals surface area (Å²) in [6, 6.07) is 3.15. The van der Waals surface area contributed by atoms with Crippen molar-refractivity contribution < 1.29 is 0 Å². The van der Waals surface area contributed by atoms with Crippen LogP contribution in [-0.2, 0) is 0 Å². The van der Waals surface area contributed by atoms with Crippen molar-refractivity contribution in [2.24, 2.45) is 35.5 Å². The van der Waals surface area contributed by atoms with Crippen LogP contribution < -0.4 is 0 Å². The minimum atomic E-state index is -1.44. The van der Waals surface area contributed by atoms with E-state index in [1.54, 1.807) is 12.1 Å². The van der Waals surface area contributed by atoms with Gasteiger partial charge in [0.1, 0.15) is 0 Å². The van der Waals surface area contributed by atoms with Crippen LogP contribution >= 0.6 is 0 Å². The SMILES string of the molecule is CCCCC1CC([Si](CCC)(CCC)C2CC(C)C3C=CC=CC32)C2C=CC=CC12. The van der Waals surface area contributed by atoms with Gasteiger partial charge in [0.2, 0.25) is 0 Å². The lowest BCUT2D eigenvalue weighted by atomic mass is 9.84. The molecule has 8 atom stereocenters. The normalized spacial score (nSPS) is 39.5. The van der Waals surface area contributed by atoms with Crippen LogP contribution in [0.5, 0.6) is 0 Å². The van der Waals surface area contributed by atoms with Gasteiger partial charge in [-0.25, -0.2) is 0 Å². The van der Waals surface area contributed by atoms with Crippen molar-refractivity contribution in [3.63, 3.8) is 0 Å². The van der Waals surface area contributed by atoms with E-state index in [2.05, 4.69) is 76.3 Å². The third-order valence-corrected chi connectivity index (χ3v) is 16.7. The van der Waals surface area contributed by atoms with Crippen molar-refractivity contribution in [2.75, 3.05) is 0 Å². The Morgan fingerprint density at radius 2 is 1.20 bits per heavy atom. The Bertz CT molecular complexity index is 676. The summed E-state index contributed by atoms with van der Waals surface area (Å²) in [6.07, 6.45) is 30.1. The molecule has 0 spiro atoms. The van der Waals surface area contributed by atoms with E-state index in [-0.39, 0.29) is 0 Å². The largest absolute Gasteiger partial charge is 0.0808 e. The second-order valence-electron chi connectivity index (χ2n) is 11.1. The molecule has 0 aromatic rings. The van der Waals surface area contributed by atoms with Crippen LogP contribution in [0.1, 0.15) is 72.6 Å². The standard InChI is InChI=1S/C29H46Si/c1-5-8-13-23-21-29(27-17-12-10-15-25(23)27)30(18-6-2,19-7-3)28-20-22(4)24-14-9-11-16-26(24)28/h9-12,14-17,22-29H,5-8,13,18-21H2,1-4H3. The molecule has 2 fully saturated rings. The molecule has 0 amide bonds. The lowest BCUT2D eigenvalue weighted by Gasteiger charge is -2.47. The summed E-state index contributed by atoms with van der Waals surface area (Å²) in [4.78, 5) is 0. The number of rotatable bonds is 9. The maximum atomic E-state index is 2.67. The van der Waals surface area contributed by atoms with Crippen molar-refractivity contribution >= 4 is 8.07 Å². The maximum absolute atomic E-state index is 2.67. The Kier molecular flexibility index (Phi) is 7.28. The monoisotopic (exact) mass is 422 g/mol. The summed E-state index contributed by atoms with van der Waals surface area (Å²) in [7, 11) is -1.44. The van der Waals surface area contributed by atoms with E-state index in [1.807, 2.05) is 0 Å². The molecule has 0 aromatic heterocycles. The van der Waals surface area contributed by atoms with Crippen LogP contribution in [0.3, 0.4) is 0 Å². The Labute approximate surface area is 188 Å². The average Bonchev–Trinajstić information content (AvgIpc) is 3.31. The fourth-order valence-corrected chi connectivity index (χ4v) is 16.5. The number of fused-ring (bicyclic) bond motifs is 2. The molecular weight excluding hydrogens is 376 g/mol. The Morgan fingerprint density at radius 1 is 0.667 bits per heavy atom. The van der Waals surface area contributed by atoms with Gasteiger partial charge in [-0.1, -0.05) is 114 Å². The van der Waals surface area contributed by atoms with Gasteiger partial charge in [-0.05, 0) is 65.9 Å². The highest BCUT2D eigenvalue weighted by molar-refractivity contribution is 6.83. The van der Waals surface area contributed by atoms with Gasteiger partial charge in [0.15, 0.2) is 0 Å². The molecule has 4 rings (SSSR count). The molecule has 4 aliphatic rings. The number of unbranched alkanes of at least 4 members (excludes halogenated alkanes) is 1. The zero-order chi connectivity index (χ0) is 21.1.